The summed E-state index contributed by atoms with van der Waals surface area (Å²) < 4.78 is 31.7. The third-order valence-electron chi connectivity index (χ3n) is 5.81. The Bertz CT molecular complexity index is 1640. The summed E-state index contributed by atoms with van der Waals surface area (Å²) in [5.41, 5.74) is 0.836. The molecule has 5 aromatic rings. The molecule has 0 bridgehead atoms. The number of aromatic nitrogens is 4. The highest BCUT2D eigenvalue weighted by Gasteiger charge is 2.20. The van der Waals surface area contributed by atoms with Crippen LogP contribution in [-0.2, 0) is 19.5 Å². The summed E-state index contributed by atoms with van der Waals surface area (Å²) >= 11 is 6.03. The first-order valence-corrected chi connectivity index (χ1v) is 11.2. The van der Waals surface area contributed by atoms with E-state index < -0.39 is 22.9 Å². The van der Waals surface area contributed by atoms with Crippen LogP contribution in [0.15, 0.2) is 88.7 Å². The van der Waals surface area contributed by atoms with Crippen molar-refractivity contribution >= 4 is 22.8 Å². The van der Waals surface area contributed by atoms with Gasteiger partial charge in [-0.25, -0.2) is 23.1 Å². The van der Waals surface area contributed by atoms with Crippen molar-refractivity contribution in [3.63, 3.8) is 0 Å². The molecular formula is C26H19ClF2N4O2. The molecule has 5 rings (SSSR count). The number of rotatable bonds is 6. The average Bonchev–Trinajstić information content (AvgIpc) is 3.26. The molecule has 9 heteroatoms. The maximum Gasteiger partial charge on any atom is 0.337 e. The fraction of sp³-hybridized carbons (Fsp3) is 0.115. The SMILES string of the molecule is O=c1c2c(ncn2Cc2ccc(F)cc2F)n(-c2ccc(Cl)cc2)c(=O)n1CCc1ccccc1. The highest BCUT2D eigenvalue weighted by atomic mass is 35.5. The minimum Gasteiger partial charge on any atom is -0.320 e. The lowest BCUT2D eigenvalue weighted by atomic mass is 10.1. The van der Waals surface area contributed by atoms with Crippen LogP contribution in [0, 0.1) is 11.6 Å². The number of hydrogen-bond acceptors (Lipinski definition) is 3. The van der Waals surface area contributed by atoms with Crippen LogP contribution >= 0.6 is 11.6 Å². The van der Waals surface area contributed by atoms with Gasteiger partial charge in [-0.2, -0.15) is 0 Å². The molecule has 35 heavy (non-hydrogen) atoms. The maximum absolute atomic E-state index is 14.4. The Balaban J connectivity index is 1.69. The lowest BCUT2D eigenvalue weighted by Crippen LogP contribution is -2.40. The van der Waals surface area contributed by atoms with E-state index in [0.717, 1.165) is 22.3 Å². The highest BCUT2D eigenvalue weighted by Crippen LogP contribution is 2.18. The summed E-state index contributed by atoms with van der Waals surface area (Å²) in [6, 6.07) is 19.4. The second-order valence-corrected chi connectivity index (χ2v) is 8.50. The number of halogens is 3. The van der Waals surface area contributed by atoms with Crippen molar-refractivity contribution < 1.29 is 8.78 Å². The highest BCUT2D eigenvalue weighted by molar-refractivity contribution is 6.30. The molecule has 6 nitrogen and oxygen atoms in total. The van der Waals surface area contributed by atoms with Crippen LogP contribution in [0.1, 0.15) is 11.1 Å². The third kappa shape index (κ3) is 4.40. The Hall–Kier alpha value is -4.04. The van der Waals surface area contributed by atoms with Crippen LogP contribution in [0.25, 0.3) is 16.9 Å². The van der Waals surface area contributed by atoms with Gasteiger partial charge in [0.15, 0.2) is 11.2 Å². The molecule has 0 aliphatic heterocycles. The van der Waals surface area contributed by atoms with Crippen LogP contribution < -0.4 is 11.2 Å². The van der Waals surface area contributed by atoms with Crippen molar-refractivity contribution in [1.29, 1.82) is 0 Å². The monoisotopic (exact) mass is 492 g/mol. The van der Waals surface area contributed by atoms with E-state index in [1.54, 1.807) is 24.3 Å². The zero-order valence-corrected chi connectivity index (χ0v) is 19.1. The molecule has 3 aromatic carbocycles. The summed E-state index contributed by atoms with van der Waals surface area (Å²) in [7, 11) is 0. The molecule has 0 amide bonds. The van der Waals surface area contributed by atoms with E-state index in [2.05, 4.69) is 4.98 Å². The van der Waals surface area contributed by atoms with E-state index >= 15 is 0 Å². The molecule has 2 heterocycles. The number of imidazole rings is 1. The van der Waals surface area contributed by atoms with Crippen LogP contribution in [0.3, 0.4) is 0 Å². The summed E-state index contributed by atoms with van der Waals surface area (Å²) in [5, 5.41) is 0.493. The van der Waals surface area contributed by atoms with Gasteiger partial charge >= 0.3 is 5.69 Å². The maximum atomic E-state index is 14.4. The molecule has 0 spiro atoms. The van der Waals surface area contributed by atoms with Gasteiger partial charge in [-0.15, -0.1) is 0 Å². The molecule has 2 aromatic heterocycles. The molecule has 0 atom stereocenters. The predicted molar refractivity (Wildman–Crippen MR) is 130 cm³/mol. The van der Waals surface area contributed by atoms with Gasteiger partial charge in [0.1, 0.15) is 11.6 Å². The number of fused-ring (bicyclic) bond motifs is 1. The van der Waals surface area contributed by atoms with Crippen LogP contribution in [0.2, 0.25) is 5.02 Å². The van der Waals surface area contributed by atoms with Crippen molar-refractivity contribution in [2.45, 2.75) is 19.5 Å². The standard InChI is InChI=1S/C26H19ClF2N4O2/c27-19-7-10-21(11-8-19)33-24-23(31(16-30-24)15-18-6-9-20(28)14-22(18)29)25(34)32(26(33)35)13-12-17-4-2-1-3-5-17/h1-11,14,16H,12-13,15H2. The van der Waals surface area contributed by atoms with Gasteiger partial charge in [0.05, 0.1) is 18.6 Å². The normalized spacial score (nSPS) is 11.3. The summed E-state index contributed by atoms with van der Waals surface area (Å²) in [4.78, 5) is 31.4. The van der Waals surface area contributed by atoms with E-state index in [9.17, 15) is 18.4 Å². The van der Waals surface area contributed by atoms with Gasteiger partial charge in [0.25, 0.3) is 5.56 Å². The van der Waals surface area contributed by atoms with Crippen molar-refractivity contribution in [2.24, 2.45) is 0 Å². The second kappa shape index (κ2) is 9.31. The first-order chi connectivity index (χ1) is 16.9. The van der Waals surface area contributed by atoms with E-state index in [1.807, 2.05) is 30.3 Å². The summed E-state index contributed by atoms with van der Waals surface area (Å²) in [6.07, 6.45) is 1.84. The first kappa shape index (κ1) is 22.7. The third-order valence-corrected chi connectivity index (χ3v) is 6.06. The van der Waals surface area contributed by atoms with Crippen molar-refractivity contribution in [3.8, 4) is 5.69 Å². The number of benzene rings is 3. The van der Waals surface area contributed by atoms with Crippen molar-refractivity contribution in [3.05, 3.63) is 128 Å². The van der Waals surface area contributed by atoms with Crippen molar-refractivity contribution in [2.75, 3.05) is 0 Å². The van der Waals surface area contributed by atoms with Gasteiger partial charge in [0, 0.05) is 23.2 Å². The Morgan fingerprint density at radius 3 is 2.37 bits per heavy atom. The minimum atomic E-state index is -0.734. The molecule has 176 valence electrons. The van der Waals surface area contributed by atoms with Gasteiger partial charge in [0.2, 0.25) is 0 Å². The number of nitrogens with zero attached hydrogens (tertiary/aromatic N) is 4. The van der Waals surface area contributed by atoms with E-state index in [1.165, 1.54) is 21.5 Å². The molecule has 0 N–H and O–H groups in total. The van der Waals surface area contributed by atoms with Gasteiger partial charge in [-0.05, 0) is 42.3 Å². The average molecular weight is 493 g/mol. The smallest absolute Gasteiger partial charge is 0.320 e. The van der Waals surface area contributed by atoms with Gasteiger partial charge < -0.3 is 4.57 Å². The van der Waals surface area contributed by atoms with Gasteiger partial charge in [-0.1, -0.05) is 48.0 Å². The predicted octanol–water partition coefficient (Wildman–Crippen LogP) is 4.57. The zero-order valence-electron chi connectivity index (χ0n) is 18.4. The lowest BCUT2D eigenvalue weighted by molar-refractivity contribution is 0.566. The fourth-order valence-corrected chi connectivity index (χ4v) is 4.16. The Morgan fingerprint density at radius 1 is 0.914 bits per heavy atom. The fourth-order valence-electron chi connectivity index (χ4n) is 4.04. The van der Waals surface area contributed by atoms with Crippen LogP contribution in [0.4, 0.5) is 8.78 Å². The van der Waals surface area contributed by atoms with E-state index in [4.69, 9.17) is 11.6 Å². The molecule has 0 aliphatic carbocycles. The number of aryl methyl sites for hydroxylation is 1. The molecule has 0 fully saturated rings. The molecule has 0 saturated heterocycles. The first-order valence-electron chi connectivity index (χ1n) is 10.9. The van der Waals surface area contributed by atoms with Gasteiger partial charge in [-0.3, -0.25) is 9.36 Å². The molecule has 0 saturated carbocycles. The summed E-state index contributed by atoms with van der Waals surface area (Å²) in [5.74, 6) is -1.43. The quantitative estimate of drug-likeness (QED) is 0.349. The topological polar surface area (TPSA) is 61.8 Å². The van der Waals surface area contributed by atoms with Crippen molar-refractivity contribution in [1.82, 2.24) is 18.7 Å². The number of hydrogen-bond donors (Lipinski definition) is 0. The largest absolute Gasteiger partial charge is 0.337 e. The zero-order chi connectivity index (χ0) is 24.5. The van der Waals surface area contributed by atoms with E-state index in [-0.39, 0.29) is 29.8 Å². The molecular weight excluding hydrogens is 474 g/mol. The molecule has 0 unspecified atom stereocenters. The molecule has 0 radical (unpaired) electrons. The Labute approximate surface area is 203 Å². The second-order valence-electron chi connectivity index (χ2n) is 8.07. The molecule has 0 aliphatic rings. The van der Waals surface area contributed by atoms with Crippen LogP contribution in [0.5, 0.6) is 0 Å². The Morgan fingerprint density at radius 2 is 1.66 bits per heavy atom. The lowest BCUT2D eigenvalue weighted by Gasteiger charge is -2.13. The summed E-state index contributed by atoms with van der Waals surface area (Å²) in [6.45, 7) is 0.0800. The van der Waals surface area contributed by atoms with Crippen LogP contribution in [-0.4, -0.2) is 18.7 Å². The van der Waals surface area contributed by atoms with E-state index in [0.29, 0.717) is 17.1 Å². The minimum absolute atomic E-state index is 0.0602. The Kier molecular flexibility index (Phi) is 6.05.